The fourth-order valence-corrected chi connectivity index (χ4v) is 3.98. The maximum atomic E-state index is 11.2. The molecule has 1 aromatic rings. The van der Waals surface area contributed by atoms with Gasteiger partial charge in [0, 0.05) is 38.0 Å². The Morgan fingerprint density at radius 1 is 1.28 bits per heavy atom. The van der Waals surface area contributed by atoms with Crippen LogP contribution in [0.5, 0.6) is 0 Å². The first-order valence-electron chi connectivity index (χ1n) is 9.08. The van der Waals surface area contributed by atoms with Crippen LogP contribution in [-0.4, -0.2) is 75.7 Å². The van der Waals surface area contributed by atoms with Crippen LogP contribution in [0, 0.1) is 11.8 Å². The molecule has 0 bridgehead atoms. The minimum atomic E-state index is -5.08. The Bertz CT molecular complexity index is 773. The molecule has 164 valence electrons. The zero-order chi connectivity index (χ0) is 21.7. The van der Waals surface area contributed by atoms with Gasteiger partial charge in [-0.25, -0.2) is 17.9 Å². The van der Waals surface area contributed by atoms with Gasteiger partial charge in [-0.2, -0.15) is 13.2 Å². The van der Waals surface area contributed by atoms with Crippen LogP contribution in [0.25, 0.3) is 0 Å². The van der Waals surface area contributed by atoms with E-state index in [2.05, 4.69) is 33.9 Å². The highest BCUT2D eigenvalue weighted by Gasteiger charge is 2.43. The first kappa shape index (κ1) is 23.6. The second kappa shape index (κ2) is 9.88. The van der Waals surface area contributed by atoms with E-state index < -0.39 is 22.2 Å². The summed E-state index contributed by atoms with van der Waals surface area (Å²) in [7, 11) is -3.12. The van der Waals surface area contributed by atoms with E-state index in [0.29, 0.717) is 25.0 Å². The van der Waals surface area contributed by atoms with Gasteiger partial charge in [-0.15, -0.1) is 0 Å². The van der Waals surface area contributed by atoms with Crippen LogP contribution in [0.15, 0.2) is 30.3 Å². The number of carbonyl (C=O) groups is 1. The zero-order valence-corrected chi connectivity index (χ0v) is 16.7. The standard InChI is InChI=1S/C16H24N2O3S.C2HF3O2/c1-22(19,20)17-9-14-12-21-16-11-18(10-15(14)16)8-7-13-5-3-2-4-6-13;3-2(4,5)1(6)7/h2-6,14-17H,7-12H2,1H3;(H,6,7)/t14-,15+,16+;/m0./s1. The van der Waals surface area contributed by atoms with E-state index in [1.165, 1.54) is 11.8 Å². The number of aliphatic carboxylic acids is 1. The van der Waals surface area contributed by atoms with Crippen LogP contribution in [0.4, 0.5) is 13.2 Å². The maximum absolute atomic E-state index is 11.2. The molecule has 1 aromatic carbocycles. The topological polar surface area (TPSA) is 95.9 Å². The lowest BCUT2D eigenvalue weighted by Gasteiger charge is -2.19. The van der Waals surface area contributed by atoms with Gasteiger partial charge in [0.05, 0.1) is 19.0 Å². The summed E-state index contributed by atoms with van der Waals surface area (Å²) >= 11 is 0. The third kappa shape index (κ3) is 7.92. The molecular formula is C18H25F3N2O5S. The van der Waals surface area contributed by atoms with E-state index in [-0.39, 0.29) is 6.10 Å². The summed E-state index contributed by atoms with van der Waals surface area (Å²) < 4.78 is 62.7. The Balaban J connectivity index is 0.000000370. The fourth-order valence-electron chi connectivity index (χ4n) is 3.46. The van der Waals surface area contributed by atoms with Crippen molar-refractivity contribution in [3.05, 3.63) is 35.9 Å². The van der Waals surface area contributed by atoms with Gasteiger partial charge in [-0.05, 0) is 12.0 Å². The van der Waals surface area contributed by atoms with Crippen molar-refractivity contribution in [1.29, 1.82) is 0 Å². The molecule has 7 nitrogen and oxygen atoms in total. The van der Waals surface area contributed by atoms with Crippen molar-refractivity contribution in [2.24, 2.45) is 11.8 Å². The summed E-state index contributed by atoms with van der Waals surface area (Å²) in [5, 5.41) is 7.12. The van der Waals surface area contributed by atoms with Gasteiger partial charge in [0.25, 0.3) is 0 Å². The van der Waals surface area contributed by atoms with Crippen LogP contribution in [0.2, 0.25) is 0 Å². The molecule has 2 heterocycles. The predicted molar refractivity (Wildman–Crippen MR) is 99.8 cm³/mol. The van der Waals surface area contributed by atoms with Crippen LogP contribution in [-0.2, 0) is 26.0 Å². The zero-order valence-electron chi connectivity index (χ0n) is 15.9. The van der Waals surface area contributed by atoms with Gasteiger partial charge >= 0.3 is 12.1 Å². The number of carboxylic acids is 1. The number of carboxylic acid groups (broad SMARTS) is 1. The summed E-state index contributed by atoms with van der Waals surface area (Å²) in [6, 6.07) is 10.5. The van der Waals surface area contributed by atoms with E-state index in [1.54, 1.807) is 0 Å². The average molecular weight is 438 g/mol. The number of fused-ring (bicyclic) bond motifs is 1. The lowest BCUT2D eigenvalue weighted by molar-refractivity contribution is -0.192. The normalized spacial score (nSPS) is 24.6. The van der Waals surface area contributed by atoms with Gasteiger partial charge in [-0.3, -0.25) is 0 Å². The minimum Gasteiger partial charge on any atom is -0.475 e. The number of hydrogen-bond donors (Lipinski definition) is 2. The number of nitrogens with zero attached hydrogens (tertiary/aromatic N) is 1. The summed E-state index contributed by atoms with van der Waals surface area (Å²) in [6.45, 7) is 4.17. The first-order valence-corrected chi connectivity index (χ1v) is 11.0. The number of halogens is 3. The highest BCUT2D eigenvalue weighted by atomic mass is 32.2. The molecule has 0 radical (unpaired) electrons. The van der Waals surface area contributed by atoms with E-state index in [9.17, 15) is 21.6 Å². The van der Waals surface area contributed by atoms with Gasteiger partial charge in [0.1, 0.15) is 0 Å². The van der Waals surface area contributed by atoms with Crippen LogP contribution < -0.4 is 4.72 Å². The van der Waals surface area contributed by atoms with Gasteiger partial charge in [0.2, 0.25) is 10.0 Å². The van der Waals surface area contributed by atoms with Crippen molar-refractivity contribution in [1.82, 2.24) is 9.62 Å². The molecule has 0 aromatic heterocycles. The number of sulfonamides is 1. The molecule has 0 spiro atoms. The molecule has 2 aliphatic rings. The second-order valence-corrected chi connectivity index (χ2v) is 9.05. The van der Waals surface area contributed by atoms with Crippen LogP contribution in [0.1, 0.15) is 5.56 Å². The number of nitrogens with one attached hydrogen (secondary N) is 1. The third-order valence-electron chi connectivity index (χ3n) is 4.92. The Labute approximate surface area is 167 Å². The number of ether oxygens (including phenoxy) is 1. The lowest BCUT2D eigenvalue weighted by atomic mass is 9.93. The van der Waals surface area contributed by atoms with Gasteiger partial charge in [-0.1, -0.05) is 30.3 Å². The number of hydrogen-bond acceptors (Lipinski definition) is 5. The van der Waals surface area contributed by atoms with Crippen molar-refractivity contribution < 1.29 is 36.2 Å². The maximum Gasteiger partial charge on any atom is 0.490 e. The first-order chi connectivity index (χ1) is 13.5. The van der Waals surface area contributed by atoms with Crippen molar-refractivity contribution in [2.75, 3.05) is 39.0 Å². The number of benzene rings is 1. The van der Waals surface area contributed by atoms with Crippen molar-refractivity contribution in [2.45, 2.75) is 18.7 Å². The smallest absolute Gasteiger partial charge is 0.475 e. The molecule has 0 aliphatic carbocycles. The lowest BCUT2D eigenvalue weighted by Crippen LogP contribution is -2.33. The molecule has 3 rings (SSSR count). The fraction of sp³-hybridized carbons (Fsp3) is 0.611. The molecule has 2 saturated heterocycles. The number of alkyl halides is 3. The van der Waals surface area contributed by atoms with Gasteiger partial charge < -0.3 is 14.7 Å². The molecule has 2 fully saturated rings. The molecule has 0 amide bonds. The highest BCUT2D eigenvalue weighted by Crippen LogP contribution is 2.33. The number of rotatable bonds is 6. The summed E-state index contributed by atoms with van der Waals surface area (Å²) in [5.41, 5.74) is 1.36. The Hall–Kier alpha value is -1.69. The van der Waals surface area contributed by atoms with Crippen LogP contribution in [0.3, 0.4) is 0 Å². The SMILES string of the molecule is CS(=O)(=O)NC[C@H]1CO[C@@H]2CN(CCc3ccccc3)C[C@H]12.O=C(O)C(F)(F)F. The molecule has 2 N–H and O–H groups in total. The minimum absolute atomic E-state index is 0.266. The third-order valence-corrected chi connectivity index (χ3v) is 5.62. The molecule has 0 saturated carbocycles. The second-order valence-electron chi connectivity index (χ2n) is 7.21. The van der Waals surface area contributed by atoms with Crippen molar-refractivity contribution >= 4 is 16.0 Å². The summed E-state index contributed by atoms with van der Waals surface area (Å²) in [4.78, 5) is 11.3. The molecule has 11 heteroatoms. The summed E-state index contributed by atoms with van der Waals surface area (Å²) in [5.74, 6) is -2.01. The molecule has 3 atom stereocenters. The Morgan fingerprint density at radius 3 is 2.45 bits per heavy atom. The summed E-state index contributed by atoms with van der Waals surface area (Å²) in [6.07, 6.45) is -2.56. The highest BCUT2D eigenvalue weighted by molar-refractivity contribution is 7.88. The molecular weight excluding hydrogens is 413 g/mol. The Kier molecular flexibility index (Phi) is 8.03. The quantitative estimate of drug-likeness (QED) is 0.696. The van der Waals surface area contributed by atoms with E-state index in [1.807, 2.05) is 6.07 Å². The van der Waals surface area contributed by atoms with E-state index in [0.717, 1.165) is 26.1 Å². The number of likely N-dealkylation sites (tertiary alicyclic amines) is 1. The van der Waals surface area contributed by atoms with Gasteiger partial charge in [0.15, 0.2) is 0 Å². The Morgan fingerprint density at radius 2 is 1.90 bits per heavy atom. The monoisotopic (exact) mass is 438 g/mol. The molecule has 29 heavy (non-hydrogen) atoms. The molecule has 2 aliphatic heterocycles. The van der Waals surface area contributed by atoms with Crippen molar-refractivity contribution in [3.63, 3.8) is 0 Å². The predicted octanol–water partition coefficient (Wildman–Crippen LogP) is 1.36. The average Bonchev–Trinajstić information content (AvgIpc) is 3.18. The van der Waals surface area contributed by atoms with E-state index in [4.69, 9.17) is 14.6 Å². The molecule has 0 unspecified atom stereocenters. The largest absolute Gasteiger partial charge is 0.490 e. The van der Waals surface area contributed by atoms with Crippen molar-refractivity contribution in [3.8, 4) is 0 Å². The van der Waals surface area contributed by atoms with E-state index >= 15 is 0 Å². The van der Waals surface area contributed by atoms with Crippen LogP contribution >= 0.6 is 0 Å².